The summed E-state index contributed by atoms with van der Waals surface area (Å²) in [6, 6.07) is 57.4. The molecule has 0 aliphatic rings. The highest BCUT2D eigenvalue weighted by molar-refractivity contribution is 5.74. The third kappa shape index (κ3) is 12.9. The molecule has 71 heavy (non-hydrogen) atoms. The fraction of sp³-hybridized carbons (Fsp3) is 0. The normalized spacial score (nSPS) is 10.3. The van der Waals surface area contributed by atoms with Crippen LogP contribution in [-0.4, -0.2) is 55.1 Å². The second kappa shape index (κ2) is 24.1. The van der Waals surface area contributed by atoms with E-state index in [0.29, 0.717) is 5.82 Å². The first-order valence-corrected chi connectivity index (χ1v) is 22.7. The van der Waals surface area contributed by atoms with Crippen LogP contribution < -0.4 is 0 Å². The molecule has 0 fully saturated rings. The van der Waals surface area contributed by atoms with Gasteiger partial charge in [-0.05, 0) is 164 Å². The van der Waals surface area contributed by atoms with Crippen LogP contribution in [0, 0.1) is 0 Å². The Morgan fingerprint density at radius 3 is 0.563 bits per heavy atom. The van der Waals surface area contributed by atoms with Crippen molar-refractivity contribution in [3.8, 4) is 89.5 Å². The number of rotatable bonds is 8. The van der Waals surface area contributed by atoms with Crippen molar-refractivity contribution in [1.82, 2.24) is 55.1 Å². The highest BCUT2D eigenvalue weighted by atomic mass is 15.2. The van der Waals surface area contributed by atoms with Crippen molar-refractivity contribution in [2.45, 2.75) is 0 Å². The molecule has 0 unspecified atom stereocenters. The molecule has 0 bridgehead atoms. The van der Waals surface area contributed by atoms with Crippen LogP contribution in [0.2, 0.25) is 0 Å². The minimum atomic E-state index is 0.666. The second-order valence-electron chi connectivity index (χ2n) is 15.6. The predicted molar refractivity (Wildman–Crippen MR) is 282 cm³/mol. The fourth-order valence-electron chi connectivity index (χ4n) is 7.36. The summed E-state index contributed by atoms with van der Waals surface area (Å²) in [6.07, 6.45) is 28.6. The first kappa shape index (κ1) is 46.1. The number of H-pyrrole nitrogens is 1. The van der Waals surface area contributed by atoms with E-state index >= 15 is 0 Å². The number of pyridine rings is 8. The average molecular weight is 920 g/mol. The van der Waals surface area contributed by atoms with Gasteiger partial charge in [0.25, 0.3) is 0 Å². The molecule has 1 N–H and O–H groups in total. The standard InChI is InChI=1S/C22H16N2.C16H12N2.C12H9N5.C10H8N2/c1-5-19(21-9-13-23-14-10-21)6-2-17(1)18-3-7-20(8-4-18)22-11-15-24-16-12-22;1-2-14(16-7-11-18-12-8-16)4-3-13(1)15-5-9-17-10-6-15;1-5-13-6-2-9(1)11-15-12(17-16-11)10-3-7-14-8-4-10;1-5-11-6-2-9(1)10-3-7-12-8-4-10/h1-16H;1-12H;1-8H,(H,15,16,17);1-8H. The predicted octanol–water partition coefficient (Wildman–Crippen LogP) is 13.4. The highest BCUT2D eigenvalue weighted by Gasteiger charge is 2.07. The van der Waals surface area contributed by atoms with E-state index in [9.17, 15) is 0 Å². The number of aromatic amines is 1. The lowest BCUT2D eigenvalue weighted by atomic mass is 9.99. The van der Waals surface area contributed by atoms with Crippen molar-refractivity contribution >= 4 is 0 Å². The lowest BCUT2D eigenvalue weighted by Crippen LogP contribution is -1.82. The summed E-state index contributed by atoms with van der Waals surface area (Å²) in [5, 5.41) is 7.09. The number of benzene rings is 3. The molecule has 0 amide bonds. The van der Waals surface area contributed by atoms with Gasteiger partial charge < -0.3 is 0 Å². The molecule has 0 atom stereocenters. The van der Waals surface area contributed by atoms with Crippen molar-refractivity contribution in [3.63, 3.8) is 0 Å². The Kier molecular flexibility index (Phi) is 15.7. The van der Waals surface area contributed by atoms with Gasteiger partial charge in [0.2, 0.25) is 0 Å². The summed E-state index contributed by atoms with van der Waals surface area (Å²) in [4.78, 5) is 36.5. The molecule has 12 rings (SSSR count). The number of nitrogens with zero attached hydrogens (tertiary/aromatic N) is 10. The fourth-order valence-corrected chi connectivity index (χ4v) is 7.36. The van der Waals surface area contributed by atoms with Gasteiger partial charge in [-0.1, -0.05) is 72.8 Å². The summed E-state index contributed by atoms with van der Waals surface area (Å²) in [6.45, 7) is 0. The van der Waals surface area contributed by atoms with Crippen LogP contribution in [-0.2, 0) is 0 Å². The van der Waals surface area contributed by atoms with Gasteiger partial charge in [0.05, 0.1) is 0 Å². The average Bonchev–Trinajstić information content (AvgIpc) is 3.99. The summed E-state index contributed by atoms with van der Waals surface area (Å²) in [7, 11) is 0. The van der Waals surface area contributed by atoms with E-state index in [4.69, 9.17) is 0 Å². The Bertz CT molecular complexity index is 3160. The number of hydrogen-bond donors (Lipinski definition) is 1. The van der Waals surface area contributed by atoms with Crippen LogP contribution in [0.4, 0.5) is 0 Å². The monoisotopic (exact) mass is 919 g/mol. The maximum Gasteiger partial charge on any atom is 0.181 e. The molecule has 9 heterocycles. The van der Waals surface area contributed by atoms with E-state index in [2.05, 4.69) is 128 Å². The zero-order chi connectivity index (χ0) is 48.1. The van der Waals surface area contributed by atoms with Crippen LogP contribution in [0.15, 0.2) is 269 Å². The SMILES string of the molecule is c1cc(-c2ccc(-c3ccc(-c4ccncc4)cc3)cc2)ccn1.c1cc(-c2ccc(-c3ccncc3)cc2)ccn1.c1cc(-c2ccncc2)ccn1.c1cc(-c2n[nH]c(-c3ccncc3)n2)ccn1. The number of aromatic nitrogens is 11. The van der Waals surface area contributed by atoms with Crippen LogP contribution in [0.3, 0.4) is 0 Å². The Morgan fingerprint density at radius 2 is 0.352 bits per heavy atom. The Balaban J connectivity index is 0.000000120. The number of nitrogens with one attached hydrogen (secondary N) is 1. The van der Waals surface area contributed by atoms with Gasteiger partial charge in [0, 0.05) is 110 Å². The van der Waals surface area contributed by atoms with Gasteiger partial charge in [-0.3, -0.25) is 45.0 Å². The molecule has 12 aromatic rings. The molecule has 340 valence electrons. The molecular weight excluding hydrogens is 875 g/mol. The van der Waals surface area contributed by atoms with E-state index in [1.807, 2.05) is 147 Å². The maximum absolute atomic E-state index is 4.43. The highest BCUT2D eigenvalue weighted by Crippen LogP contribution is 2.28. The molecule has 11 nitrogen and oxygen atoms in total. The lowest BCUT2D eigenvalue weighted by Gasteiger charge is -2.06. The van der Waals surface area contributed by atoms with Crippen molar-refractivity contribution in [2.24, 2.45) is 0 Å². The van der Waals surface area contributed by atoms with Gasteiger partial charge in [-0.15, -0.1) is 0 Å². The molecule has 0 radical (unpaired) electrons. The minimum absolute atomic E-state index is 0.666. The minimum Gasteiger partial charge on any atom is -0.265 e. The summed E-state index contributed by atoms with van der Waals surface area (Å²) >= 11 is 0. The van der Waals surface area contributed by atoms with Gasteiger partial charge in [-0.25, -0.2) is 4.98 Å². The summed E-state index contributed by atoms with van der Waals surface area (Å²) in [5.74, 6) is 1.40. The Morgan fingerprint density at radius 1 is 0.183 bits per heavy atom. The van der Waals surface area contributed by atoms with E-state index in [1.165, 1.54) is 66.8 Å². The van der Waals surface area contributed by atoms with Gasteiger partial charge in [0.1, 0.15) is 0 Å². The smallest absolute Gasteiger partial charge is 0.181 e. The van der Waals surface area contributed by atoms with Crippen LogP contribution in [0.1, 0.15) is 0 Å². The van der Waals surface area contributed by atoms with E-state index in [1.54, 1.807) is 49.6 Å². The summed E-state index contributed by atoms with van der Waals surface area (Å²) < 4.78 is 0. The van der Waals surface area contributed by atoms with E-state index in [0.717, 1.165) is 17.0 Å². The van der Waals surface area contributed by atoms with Crippen LogP contribution in [0.5, 0.6) is 0 Å². The Labute approximate surface area is 411 Å². The van der Waals surface area contributed by atoms with E-state index < -0.39 is 0 Å². The molecular formula is C60H45N11. The zero-order valence-corrected chi connectivity index (χ0v) is 38.4. The molecule has 11 heteroatoms. The van der Waals surface area contributed by atoms with Gasteiger partial charge in [-0.2, -0.15) is 5.10 Å². The van der Waals surface area contributed by atoms with Gasteiger partial charge >= 0.3 is 0 Å². The van der Waals surface area contributed by atoms with Crippen molar-refractivity contribution < 1.29 is 0 Å². The molecule has 3 aromatic carbocycles. The van der Waals surface area contributed by atoms with Crippen LogP contribution in [0.25, 0.3) is 89.5 Å². The molecule has 9 aromatic heterocycles. The topological polar surface area (TPSA) is 145 Å². The lowest BCUT2D eigenvalue weighted by molar-refractivity contribution is 1.10. The van der Waals surface area contributed by atoms with E-state index in [-0.39, 0.29) is 0 Å². The molecule has 0 saturated heterocycles. The molecule has 0 spiro atoms. The molecule has 0 saturated carbocycles. The van der Waals surface area contributed by atoms with Crippen molar-refractivity contribution in [1.29, 1.82) is 0 Å². The van der Waals surface area contributed by atoms with Crippen molar-refractivity contribution in [3.05, 3.63) is 269 Å². The third-order valence-corrected chi connectivity index (χ3v) is 11.1. The second-order valence-corrected chi connectivity index (χ2v) is 15.6. The quantitative estimate of drug-likeness (QED) is 0.156. The first-order chi connectivity index (χ1) is 35.2. The van der Waals surface area contributed by atoms with Crippen LogP contribution >= 0.6 is 0 Å². The molecule has 0 aliphatic carbocycles. The maximum atomic E-state index is 4.43. The van der Waals surface area contributed by atoms with Gasteiger partial charge in [0.15, 0.2) is 11.6 Å². The first-order valence-electron chi connectivity index (χ1n) is 22.7. The molecule has 0 aliphatic heterocycles. The summed E-state index contributed by atoms with van der Waals surface area (Å²) in [5.41, 5.74) is 16.2. The van der Waals surface area contributed by atoms with Crippen molar-refractivity contribution in [2.75, 3.05) is 0 Å². The Hall–Kier alpha value is -10.0. The zero-order valence-electron chi connectivity index (χ0n) is 38.4. The third-order valence-electron chi connectivity index (χ3n) is 11.1. The number of hydrogen-bond acceptors (Lipinski definition) is 10. The largest absolute Gasteiger partial charge is 0.265 e.